The second kappa shape index (κ2) is 15.6. The number of fused-ring (bicyclic) bond motifs is 5. The predicted octanol–water partition coefficient (Wildman–Crippen LogP) is 7.90. The van der Waals surface area contributed by atoms with Crippen LogP contribution in [0.15, 0.2) is 57.4 Å². The summed E-state index contributed by atoms with van der Waals surface area (Å²) in [5.41, 5.74) is 17.3. The summed E-state index contributed by atoms with van der Waals surface area (Å²) in [6.07, 6.45) is 22.2. The minimum Gasteiger partial charge on any atom is -1.00 e. The molecule has 6 rings (SSSR count). The molecule has 2 aromatic carbocycles. The maximum Gasteiger partial charge on any atom is -1.00 e. The number of allylic oxidation sites excluding steroid dienone is 8. The maximum atomic E-state index is 2.82. The summed E-state index contributed by atoms with van der Waals surface area (Å²) in [5.74, 6) is 0.625. The Hall–Kier alpha value is -1.27. The smallest absolute Gasteiger partial charge is 1.00 e. The Balaban J connectivity index is 0.00000281. The molecule has 0 amide bonds. The fraction of sp³-hybridized carbons (Fsp3) is 0.553. The Morgan fingerprint density at radius 2 is 1.32 bits per heavy atom. The average Bonchev–Trinajstić information content (AvgIpc) is 3.63. The first-order chi connectivity index (χ1) is 22.6. The number of halogens is 2. The summed E-state index contributed by atoms with van der Waals surface area (Å²) in [5, 5.41) is 0. The first-order valence-corrected chi connectivity index (χ1v) is 23.4. The summed E-state index contributed by atoms with van der Waals surface area (Å²) in [6, 6.07) is 10.4. The fourth-order valence-corrected chi connectivity index (χ4v) is 20.1. The summed E-state index contributed by atoms with van der Waals surface area (Å²) in [6.45, 7) is 29.4. The summed E-state index contributed by atoms with van der Waals surface area (Å²) < 4.78 is 4.57. The van der Waals surface area contributed by atoms with Crippen LogP contribution in [0.2, 0.25) is 3.63 Å². The molecule has 0 radical (unpaired) electrons. The van der Waals surface area contributed by atoms with Crippen LogP contribution in [0.3, 0.4) is 0 Å². The van der Waals surface area contributed by atoms with Gasteiger partial charge in [0, 0.05) is 0 Å². The summed E-state index contributed by atoms with van der Waals surface area (Å²) in [7, 11) is 0. The molecule has 0 fully saturated rings. The van der Waals surface area contributed by atoms with Gasteiger partial charge in [-0.1, -0.05) is 0 Å². The summed E-state index contributed by atoms with van der Waals surface area (Å²) >= 11 is -2.37. The molecule has 0 spiro atoms. The Morgan fingerprint density at radius 1 is 0.760 bits per heavy atom. The molecule has 0 nitrogen and oxygen atoms in total. The van der Waals surface area contributed by atoms with Crippen LogP contribution in [-0.2, 0) is 38.5 Å². The average molecular weight is 791 g/mol. The van der Waals surface area contributed by atoms with Crippen molar-refractivity contribution < 1.29 is 46.1 Å². The van der Waals surface area contributed by atoms with E-state index in [1.807, 2.05) is 6.49 Å². The molecule has 0 aromatic heterocycles. The van der Waals surface area contributed by atoms with Crippen LogP contribution in [0.25, 0.3) is 22.3 Å². The molecule has 4 aliphatic rings. The molecule has 50 heavy (non-hydrogen) atoms. The van der Waals surface area contributed by atoms with E-state index in [1.54, 1.807) is 27.8 Å². The zero-order chi connectivity index (χ0) is 34.8. The van der Waals surface area contributed by atoms with Crippen molar-refractivity contribution in [3.8, 4) is 11.1 Å². The van der Waals surface area contributed by atoms with Gasteiger partial charge in [-0.05, 0) is 0 Å². The standard InChI is InChI=1S/C27H29.C11H17.C9H18.2ClH.Zr/c1-16-7-9-26(3,4)24-12-18-11-19-13-25-21(17(2)8-10-27(25,5)6)15-23(19)22(18)14-20(16)24;1-5-9-6-7-10(8-9)11(2,3)4;1-3-5-7-9-8-6-4-2;;;/h7-9,12-15H,10-11H2,1-6H3;7-9H,5H2,1-4H3;3-8H2,1-2H3;2*1H;/q;;;;;+2/p-2. The van der Waals surface area contributed by atoms with Gasteiger partial charge in [-0.3, -0.25) is 0 Å². The third-order valence-corrected chi connectivity index (χ3v) is 22.2. The predicted molar refractivity (Wildman–Crippen MR) is 210 cm³/mol. The SMILES string of the molecule is CCCC[C](CCCC)=[Zr+2]([C]1=CC(C(C)(C)C)=CC1CC)[CH]1C=C(C)c2cc3c(cc2C1(C)C)Cc1cc2c(cc1-3)C(C)=CCC2(C)C.[Cl-].[Cl-]. The van der Waals surface area contributed by atoms with Crippen LogP contribution in [0.1, 0.15) is 168 Å². The van der Waals surface area contributed by atoms with Crippen molar-refractivity contribution in [2.24, 2.45) is 11.3 Å². The largest absolute Gasteiger partial charge is 1.00 e. The van der Waals surface area contributed by atoms with E-state index in [0.717, 1.165) is 12.8 Å². The minimum absolute atomic E-state index is 0. The number of rotatable bonds is 9. The van der Waals surface area contributed by atoms with Crippen LogP contribution in [0.4, 0.5) is 0 Å². The van der Waals surface area contributed by atoms with Crippen molar-refractivity contribution in [2.45, 2.75) is 155 Å². The van der Waals surface area contributed by atoms with Crippen molar-refractivity contribution >= 4 is 14.4 Å². The molecule has 2 unspecified atom stereocenters. The minimum atomic E-state index is -2.37. The molecule has 0 bridgehead atoms. The third kappa shape index (κ3) is 7.43. The van der Waals surface area contributed by atoms with Crippen molar-refractivity contribution in [3.63, 3.8) is 0 Å². The second-order valence-electron chi connectivity index (χ2n) is 18.0. The van der Waals surface area contributed by atoms with Crippen LogP contribution >= 0.6 is 0 Å². The number of unbranched alkanes of at least 4 members (excludes halogenated alkanes) is 2. The molecule has 3 heteroatoms. The molecular formula is C47H64Cl2Zr. The zero-order valence-corrected chi connectivity index (χ0v) is 37.4. The molecule has 4 aliphatic carbocycles. The van der Waals surface area contributed by atoms with Gasteiger partial charge in [0.1, 0.15) is 0 Å². The van der Waals surface area contributed by atoms with E-state index < -0.39 is 21.3 Å². The van der Waals surface area contributed by atoms with E-state index >= 15 is 0 Å². The van der Waals surface area contributed by atoms with Gasteiger partial charge in [0.25, 0.3) is 0 Å². The van der Waals surface area contributed by atoms with Gasteiger partial charge in [-0.15, -0.1) is 0 Å². The number of hydrogen-bond donors (Lipinski definition) is 0. The topological polar surface area (TPSA) is 0 Å². The molecule has 0 heterocycles. The van der Waals surface area contributed by atoms with Gasteiger partial charge in [0.05, 0.1) is 0 Å². The molecule has 0 N–H and O–H groups in total. The van der Waals surface area contributed by atoms with Crippen molar-refractivity contribution in [1.82, 2.24) is 0 Å². The Labute approximate surface area is 326 Å². The van der Waals surface area contributed by atoms with Gasteiger partial charge in [0.2, 0.25) is 0 Å². The maximum absolute atomic E-state index is 2.82. The van der Waals surface area contributed by atoms with Crippen molar-refractivity contribution in [3.05, 3.63) is 90.8 Å². The van der Waals surface area contributed by atoms with Gasteiger partial charge in [0.15, 0.2) is 0 Å². The van der Waals surface area contributed by atoms with E-state index in [0.29, 0.717) is 9.54 Å². The summed E-state index contributed by atoms with van der Waals surface area (Å²) in [4.78, 5) is 0. The van der Waals surface area contributed by atoms with Gasteiger partial charge in [-0.2, -0.15) is 0 Å². The first-order valence-electron chi connectivity index (χ1n) is 19.5. The van der Waals surface area contributed by atoms with Crippen LogP contribution in [0.5, 0.6) is 0 Å². The molecule has 270 valence electrons. The van der Waals surface area contributed by atoms with Gasteiger partial charge >= 0.3 is 304 Å². The Morgan fingerprint density at radius 3 is 1.86 bits per heavy atom. The van der Waals surface area contributed by atoms with Gasteiger partial charge < -0.3 is 24.8 Å². The monoisotopic (exact) mass is 788 g/mol. The normalized spacial score (nSPS) is 20.7. The van der Waals surface area contributed by atoms with Crippen LogP contribution in [0, 0.1) is 11.3 Å². The second-order valence-corrected chi connectivity index (χ2v) is 24.7. The molecular weight excluding hydrogens is 727 g/mol. The molecule has 2 atom stereocenters. The Kier molecular flexibility index (Phi) is 12.9. The number of benzene rings is 2. The van der Waals surface area contributed by atoms with Crippen molar-refractivity contribution in [2.75, 3.05) is 0 Å². The van der Waals surface area contributed by atoms with E-state index in [9.17, 15) is 0 Å². The molecule has 0 saturated carbocycles. The molecule has 0 saturated heterocycles. The molecule has 2 aromatic rings. The van der Waals surface area contributed by atoms with Crippen LogP contribution in [-0.4, -0.2) is 3.21 Å². The zero-order valence-electron chi connectivity index (χ0n) is 33.4. The third-order valence-electron chi connectivity index (χ3n) is 12.6. The quantitative estimate of drug-likeness (QED) is 0.207. The van der Waals surface area contributed by atoms with Gasteiger partial charge in [-0.25, -0.2) is 0 Å². The first kappa shape index (κ1) is 41.5. The fourth-order valence-electron chi connectivity index (χ4n) is 9.31. The molecule has 0 aliphatic heterocycles. The Bertz CT molecular complexity index is 1770. The van der Waals surface area contributed by atoms with E-state index in [4.69, 9.17) is 0 Å². The van der Waals surface area contributed by atoms with Crippen LogP contribution < -0.4 is 24.8 Å². The van der Waals surface area contributed by atoms with E-state index in [2.05, 4.69) is 132 Å². The van der Waals surface area contributed by atoms with E-state index in [-0.39, 0.29) is 41.1 Å². The van der Waals surface area contributed by atoms with E-state index in [1.165, 1.54) is 78.3 Å². The number of hydrogen-bond acceptors (Lipinski definition) is 0. The van der Waals surface area contributed by atoms with Crippen molar-refractivity contribution in [1.29, 1.82) is 0 Å².